The fourth-order valence-electron chi connectivity index (χ4n) is 4.33. The summed E-state index contributed by atoms with van der Waals surface area (Å²) < 4.78 is 26.6. The zero-order valence-electron chi connectivity index (χ0n) is 22.7. The first kappa shape index (κ1) is 29.6. The number of benzene rings is 2. The number of hydrazine groups is 1. The van der Waals surface area contributed by atoms with E-state index in [1.807, 2.05) is 12.1 Å². The van der Waals surface area contributed by atoms with Crippen molar-refractivity contribution in [1.29, 1.82) is 0 Å². The van der Waals surface area contributed by atoms with Crippen molar-refractivity contribution in [3.8, 4) is 23.0 Å². The van der Waals surface area contributed by atoms with E-state index in [9.17, 15) is 14.4 Å². The normalized spacial score (nSPS) is 13.2. The summed E-state index contributed by atoms with van der Waals surface area (Å²) in [4.78, 5) is 36.6. The van der Waals surface area contributed by atoms with Crippen molar-refractivity contribution < 1.29 is 38.1 Å². The van der Waals surface area contributed by atoms with Gasteiger partial charge in [0.2, 0.25) is 11.7 Å². The van der Waals surface area contributed by atoms with Gasteiger partial charge in [-0.25, -0.2) is 0 Å². The fraction of sp³-hybridized carbons (Fsp3) is 0.464. The fourth-order valence-corrected chi connectivity index (χ4v) is 4.33. The number of methoxy groups -OCH3 is 3. The van der Waals surface area contributed by atoms with Gasteiger partial charge in [0.1, 0.15) is 19.0 Å². The third kappa shape index (κ3) is 9.36. The van der Waals surface area contributed by atoms with Gasteiger partial charge in [0.25, 0.3) is 11.8 Å². The zero-order valence-corrected chi connectivity index (χ0v) is 22.7. The number of hydrogen-bond acceptors (Lipinski definition) is 8. The number of carbonyl (C=O) groups is 3. The van der Waals surface area contributed by atoms with E-state index >= 15 is 0 Å². The molecule has 0 saturated heterocycles. The molecule has 0 radical (unpaired) electrons. The second kappa shape index (κ2) is 15.4. The maximum Gasteiger partial charge on any atom is 0.269 e. The lowest BCUT2D eigenvalue weighted by molar-refractivity contribution is -0.129. The van der Waals surface area contributed by atoms with Crippen LogP contribution in [0, 0.1) is 5.92 Å². The monoisotopic (exact) mass is 543 g/mol. The van der Waals surface area contributed by atoms with Crippen molar-refractivity contribution >= 4 is 23.4 Å². The summed E-state index contributed by atoms with van der Waals surface area (Å²) >= 11 is 0. The Labute approximate surface area is 228 Å². The average Bonchev–Trinajstić information content (AvgIpc) is 2.96. The summed E-state index contributed by atoms with van der Waals surface area (Å²) in [5.41, 5.74) is 5.26. The maximum atomic E-state index is 12.4. The van der Waals surface area contributed by atoms with Gasteiger partial charge in [0.05, 0.1) is 27.9 Å². The third-order valence-corrected chi connectivity index (χ3v) is 6.37. The molecule has 2 aromatic carbocycles. The number of rotatable bonds is 13. The van der Waals surface area contributed by atoms with Crippen LogP contribution in [0.25, 0.3) is 0 Å². The first-order valence-electron chi connectivity index (χ1n) is 12.9. The highest BCUT2D eigenvalue weighted by molar-refractivity contribution is 5.97. The van der Waals surface area contributed by atoms with Crippen LogP contribution in [-0.2, 0) is 14.3 Å². The molecule has 0 unspecified atom stereocenters. The largest absolute Gasteiger partial charge is 0.494 e. The van der Waals surface area contributed by atoms with E-state index in [-0.39, 0.29) is 12.2 Å². The second-order valence-electron chi connectivity index (χ2n) is 9.12. The highest BCUT2D eigenvalue weighted by Crippen LogP contribution is 2.38. The van der Waals surface area contributed by atoms with Crippen LogP contribution in [0.4, 0.5) is 5.69 Å². The Kier molecular flexibility index (Phi) is 11.7. The molecule has 11 heteroatoms. The minimum atomic E-state index is -0.640. The van der Waals surface area contributed by atoms with Crippen LogP contribution in [0.15, 0.2) is 36.4 Å². The summed E-state index contributed by atoms with van der Waals surface area (Å²) in [7, 11) is 4.31. The first-order valence-corrected chi connectivity index (χ1v) is 12.9. The van der Waals surface area contributed by atoms with Crippen molar-refractivity contribution in [2.75, 3.05) is 46.5 Å². The number of ether oxygens (including phenoxy) is 5. The van der Waals surface area contributed by atoms with Crippen LogP contribution in [0.5, 0.6) is 23.0 Å². The van der Waals surface area contributed by atoms with Crippen LogP contribution in [0.2, 0.25) is 0 Å². The summed E-state index contributed by atoms with van der Waals surface area (Å²) in [5.74, 6) is 0.762. The molecule has 1 fully saturated rings. The molecule has 0 aliphatic heterocycles. The van der Waals surface area contributed by atoms with E-state index in [0.29, 0.717) is 29.5 Å². The van der Waals surface area contributed by atoms with E-state index in [4.69, 9.17) is 23.7 Å². The topological polar surface area (TPSA) is 133 Å². The minimum Gasteiger partial charge on any atom is -0.494 e. The molecule has 1 aliphatic rings. The number of anilines is 1. The van der Waals surface area contributed by atoms with Gasteiger partial charge in [0.15, 0.2) is 11.5 Å². The Morgan fingerprint density at radius 2 is 1.46 bits per heavy atom. The van der Waals surface area contributed by atoms with E-state index in [1.54, 1.807) is 12.1 Å². The molecule has 3 amide bonds. The van der Waals surface area contributed by atoms with Crippen molar-refractivity contribution in [3.63, 3.8) is 0 Å². The summed E-state index contributed by atoms with van der Waals surface area (Å²) in [6.45, 7) is -0.0835. The molecule has 39 heavy (non-hydrogen) atoms. The Morgan fingerprint density at radius 3 is 2.08 bits per heavy atom. The van der Waals surface area contributed by atoms with Gasteiger partial charge in [-0.1, -0.05) is 32.1 Å². The van der Waals surface area contributed by atoms with Crippen molar-refractivity contribution in [3.05, 3.63) is 42.0 Å². The van der Waals surface area contributed by atoms with Crippen molar-refractivity contribution in [1.82, 2.24) is 10.9 Å². The molecule has 1 aliphatic carbocycles. The SMILES string of the molecule is COc1cc(C(=O)NNC(=O)COCC(=O)Nc2ccc(OCCC3CCCCC3)cc2)cc(OC)c1OC. The molecule has 11 nitrogen and oxygen atoms in total. The van der Waals surface area contributed by atoms with E-state index in [2.05, 4.69) is 16.2 Å². The molecular weight excluding hydrogens is 506 g/mol. The molecule has 3 N–H and O–H groups in total. The maximum absolute atomic E-state index is 12.4. The van der Waals surface area contributed by atoms with Crippen LogP contribution < -0.4 is 35.1 Å². The Hall–Kier alpha value is -3.99. The number of carbonyl (C=O) groups excluding carboxylic acids is 3. The highest BCUT2D eigenvalue weighted by Gasteiger charge is 2.18. The van der Waals surface area contributed by atoms with Crippen molar-refractivity contribution in [2.45, 2.75) is 38.5 Å². The first-order chi connectivity index (χ1) is 18.9. The van der Waals surface area contributed by atoms with Crippen LogP contribution in [-0.4, -0.2) is 58.9 Å². The summed E-state index contributed by atoms with van der Waals surface area (Å²) in [5, 5.41) is 2.70. The Bertz CT molecular complexity index is 1080. The van der Waals surface area contributed by atoms with Gasteiger partial charge in [-0.05, 0) is 48.7 Å². The lowest BCUT2D eigenvalue weighted by Crippen LogP contribution is -2.43. The molecule has 1 saturated carbocycles. The predicted octanol–water partition coefficient (Wildman–Crippen LogP) is 3.48. The van der Waals surface area contributed by atoms with Crippen LogP contribution >= 0.6 is 0 Å². The third-order valence-electron chi connectivity index (χ3n) is 6.37. The molecule has 0 aromatic heterocycles. The van der Waals surface area contributed by atoms with Crippen molar-refractivity contribution in [2.24, 2.45) is 5.92 Å². The van der Waals surface area contributed by atoms with Gasteiger partial charge in [0, 0.05) is 11.3 Å². The lowest BCUT2D eigenvalue weighted by atomic mass is 9.87. The second-order valence-corrected chi connectivity index (χ2v) is 9.12. The molecule has 0 bridgehead atoms. The predicted molar refractivity (Wildman–Crippen MR) is 144 cm³/mol. The quantitative estimate of drug-likeness (QED) is 0.327. The molecule has 212 valence electrons. The lowest BCUT2D eigenvalue weighted by Gasteiger charge is -2.21. The number of nitrogens with one attached hydrogen (secondary N) is 3. The number of amides is 3. The average molecular weight is 544 g/mol. The molecule has 3 rings (SSSR count). The molecule has 0 spiro atoms. The highest BCUT2D eigenvalue weighted by atomic mass is 16.5. The van der Waals surface area contributed by atoms with Gasteiger partial charge < -0.3 is 29.0 Å². The standard InChI is InChI=1S/C28H37N3O8/c1-35-23-15-20(16-24(36-2)27(23)37-3)28(34)31-30-26(33)18-38-17-25(32)29-21-9-11-22(12-10-21)39-14-13-19-7-5-4-6-8-19/h9-12,15-16,19H,4-8,13-14,17-18H2,1-3H3,(H,29,32)(H,30,33)(H,31,34). The Morgan fingerprint density at radius 1 is 0.821 bits per heavy atom. The van der Waals surface area contributed by atoms with Crippen LogP contribution in [0.3, 0.4) is 0 Å². The molecule has 2 aromatic rings. The Balaban J connectivity index is 1.34. The smallest absolute Gasteiger partial charge is 0.269 e. The molecular formula is C28H37N3O8. The number of hydrogen-bond donors (Lipinski definition) is 3. The summed E-state index contributed by atoms with van der Waals surface area (Å²) in [6, 6.07) is 10.0. The molecule has 0 heterocycles. The zero-order chi connectivity index (χ0) is 28.0. The van der Waals surface area contributed by atoms with E-state index < -0.39 is 24.3 Å². The van der Waals surface area contributed by atoms with E-state index in [0.717, 1.165) is 18.1 Å². The van der Waals surface area contributed by atoms with Gasteiger partial charge in [-0.15, -0.1) is 0 Å². The van der Waals surface area contributed by atoms with Gasteiger partial charge in [-0.3, -0.25) is 25.2 Å². The van der Waals surface area contributed by atoms with E-state index in [1.165, 1.54) is 65.6 Å². The van der Waals surface area contributed by atoms with Gasteiger partial charge >= 0.3 is 0 Å². The molecule has 0 atom stereocenters. The van der Waals surface area contributed by atoms with Gasteiger partial charge in [-0.2, -0.15) is 0 Å². The summed E-state index contributed by atoms with van der Waals surface area (Å²) in [6.07, 6.45) is 7.64. The minimum absolute atomic E-state index is 0.172. The van der Waals surface area contributed by atoms with Crippen LogP contribution in [0.1, 0.15) is 48.9 Å².